The summed E-state index contributed by atoms with van der Waals surface area (Å²) in [5.74, 6) is 0. The molecule has 0 aromatic carbocycles. The van der Waals surface area contributed by atoms with Crippen LogP contribution in [0.4, 0.5) is 0 Å². The Hall–Kier alpha value is -0.120. The van der Waals surface area contributed by atoms with E-state index >= 15 is 0 Å². The molecule has 1 heterocycles. The van der Waals surface area contributed by atoms with Crippen molar-refractivity contribution in [3.05, 3.63) is 16.1 Å². The zero-order chi connectivity index (χ0) is 10.4. The molecule has 0 spiro atoms. The largest absolute Gasteiger partial charge is 0.387 e. The molecule has 0 fully saturated rings. The van der Waals surface area contributed by atoms with E-state index in [0.29, 0.717) is 0 Å². The summed E-state index contributed by atoms with van der Waals surface area (Å²) in [4.78, 5) is 4.28. The maximum Gasteiger partial charge on any atom is 0.0968 e. The first kappa shape index (κ1) is 14.9. The maximum absolute atomic E-state index is 9.78. The van der Waals surface area contributed by atoms with Crippen molar-refractivity contribution >= 4 is 23.7 Å². The van der Waals surface area contributed by atoms with Crippen LogP contribution in [0.15, 0.2) is 5.38 Å². The topological polar surface area (TPSA) is 33.1 Å². The molecule has 4 heteroatoms. The molecule has 0 saturated heterocycles. The number of aromatic nitrogens is 1. The van der Waals surface area contributed by atoms with E-state index in [4.69, 9.17) is 0 Å². The zero-order valence-corrected chi connectivity index (χ0v) is 11.0. The summed E-state index contributed by atoms with van der Waals surface area (Å²) in [7, 11) is 0. The molecule has 1 aromatic heterocycles. The molecule has 15 heavy (non-hydrogen) atoms. The molecule has 0 radical (unpaired) electrons. The normalized spacial score (nSPS) is 12.2. The Bertz CT molecular complexity index is 265. The van der Waals surface area contributed by atoms with Gasteiger partial charge in [-0.05, 0) is 13.3 Å². The number of rotatable bonds is 6. The number of aryl methyl sites for hydroxylation is 1. The highest BCUT2D eigenvalue weighted by Gasteiger charge is 2.09. The van der Waals surface area contributed by atoms with Crippen molar-refractivity contribution in [3.63, 3.8) is 0 Å². The molecule has 1 N–H and O–H groups in total. The van der Waals surface area contributed by atoms with E-state index in [9.17, 15) is 5.11 Å². The molecule has 0 saturated carbocycles. The van der Waals surface area contributed by atoms with Crippen LogP contribution in [0.1, 0.15) is 55.8 Å². The van der Waals surface area contributed by atoms with Gasteiger partial charge in [0, 0.05) is 5.38 Å². The molecular weight excluding hydrogens is 230 g/mol. The van der Waals surface area contributed by atoms with E-state index < -0.39 is 0 Å². The van der Waals surface area contributed by atoms with Crippen LogP contribution < -0.4 is 0 Å². The fraction of sp³-hybridized carbons (Fsp3) is 0.727. The van der Waals surface area contributed by atoms with Crippen LogP contribution in [0.2, 0.25) is 0 Å². The van der Waals surface area contributed by atoms with Gasteiger partial charge in [-0.2, -0.15) is 0 Å². The standard InChI is InChI=1S/C11H19NOS.ClH/c1-3-4-5-6-7-11(13)10-8-14-9(2)12-10;/h8,11,13H,3-7H2,1-2H3;1H/t11-;/m0./s1. The smallest absolute Gasteiger partial charge is 0.0968 e. The summed E-state index contributed by atoms with van der Waals surface area (Å²) in [6, 6.07) is 0. The third kappa shape index (κ3) is 5.50. The quantitative estimate of drug-likeness (QED) is 0.777. The Morgan fingerprint density at radius 2 is 2.13 bits per heavy atom. The molecular formula is C11H20ClNOS. The van der Waals surface area contributed by atoms with Crippen molar-refractivity contribution in [2.75, 3.05) is 0 Å². The van der Waals surface area contributed by atoms with Crippen molar-refractivity contribution in [2.45, 2.75) is 52.1 Å². The number of hydrogen-bond acceptors (Lipinski definition) is 3. The Kier molecular flexibility index (Phi) is 8.02. The highest BCUT2D eigenvalue weighted by molar-refractivity contribution is 7.09. The average Bonchev–Trinajstić information content (AvgIpc) is 2.59. The van der Waals surface area contributed by atoms with E-state index in [0.717, 1.165) is 23.5 Å². The molecule has 0 aliphatic heterocycles. The summed E-state index contributed by atoms with van der Waals surface area (Å²) < 4.78 is 0. The summed E-state index contributed by atoms with van der Waals surface area (Å²) >= 11 is 1.61. The number of aliphatic hydroxyl groups is 1. The van der Waals surface area contributed by atoms with Crippen LogP contribution in [-0.2, 0) is 0 Å². The summed E-state index contributed by atoms with van der Waals surface area (Å²) in [5, 5.41) is 12.8. The lowest BCUT2D eigenvalue weighted by Gasteiger charge is -2.06. The SMILES string of the molecule is CCCCCC[C@H](O)c1csc(C)n1.Cl. The van der Waals surface area contributed by atoms with E-state index in [-0.39, 0.29) is 18.5 Å². The van der Waals surface area contributed by atoms with Gasteiger partial charge in [-0.15, -0.1) is 23.7 Å². The van der Waals surface area contributed by atoms with Crippen LogP contribution in [0.5, 0.6) is 0 Å². The minimum atomic E-state index is -0.350. The van der Waals surface area contributed by atoms with E-state index in [1.807, 2.05) is 12.3 Å². The van der Waals surface area contributed by atoms with E-state index in [1.165, 1.54) is 19.3 Å². The van der Waals surface area contributed by atoms with Gasteiger partial charge in [-0.25, -0.2) is 4.98 Å². The Morgan fingerprint density at radius 3 is 2.67 bits per heavy atom. The van der Waals surface area contributed by atoms with Gasteiger partial charge < -0.3 is 5.11 Å². The van der Waals surface area contributed by atoms with Crippen molar-refractivity contribution in [2.24, 2.45) is 0 Å². The molecule has 0 amide bonds. The fourth-order valence-corrected chi connectivity index (χ4v) is 2.10. The van der Waals surface area contributed by atoms with Crippen LogP contribution in [0.3, 0.4) is 0 Å². The minimum Gasteiger partial charge on any atom is -0.387 e. The second kappa shape index (κ2) is 8.08. The molecule has 0 aliphatic carbocycles. The van der Waals surface area contributed by atoms with Gasteiger partial charge in [0.15, 0.2) is 0 Å². The second-order valence-electron chi connectivity index (χ2n) is 3.66. The lowest BCUT2D eigenvalue weighted by Crippen LogP contribution is -1.97. The van der Waals surface area contributed by atoms with Gasteiger partial charge in [-0.1, -0.05) is 32.6 Å². The Balaban J connectivity index is 0.00000196. The molecule has 1 aromatic rings. The number of hydrogen-bond donors (Lipinski definition) is 1. The number of halogens is 1. The van der Waals surface area contributed by atoms with Gasteiger partial charge in [0.05, 0.1) is 16.8 Å². The van der Waals surface area contributed by atoms with Crippen molar-refractivity contribution in [1.29, 1.82) is 0 Å². The Labute approximate surface area is 102 Å². The van der Waals surface area contributed by atoms with Crippen molar-refractivity contribution in [3.8, 4) is 0 Å². The summed E-state index contributed by atoms with van der Waals surface area (Å²) in [6.45, 7) is 4.16. The Morgan fingerprint density at radius 1 is 1.40 bits per heavy atom. The van der Waals surface area contributed by atoms with Crippen LogP contribution >= 0.6 is 23.7 Å². The van der Waals surface area contributed by atoms with Crippen LogP contribution in [0, 0.1) is 6.92 Å². The molecule has 1 rings (SSSR count). The van der Waals surface area contributed by atoms with Crippen molar-refractivity contribution in [1.82, 2.24) is 4.98 Å². The first-order valence-electron chi connectivity index (χ1n) is 5.34. The highest BCUT2D eigenvalue weighted by atomic mass is 35.5. The third-order valence-electron chi connectivity index (χ3n) is 2.31. The predicted molar refractivity (Wildman–Crippen MR) is 67.8 cm³/mol. The molecule has 1 atom stereocenters. The first-order valence-corrected chi connectivity index (χ1v) is 6.22. The van der Waals surface area contributed by atoms with Crippen LogP contribution in [0.25, 0.3) is 0 Å². The number of unbranched alkanes of at least 4 members (excludes halogenated alkanes) is 3. The van der Waals surface area contributed by atoms with Gasteiger partial charge in [0.1, 0.15) is 0 Å². The monoisotopic (exact) mass is 249 g/mol. The highest BCUT2D eigenvalue weighted by Crippen LogP contribution is 2.21. The zero-order valence-electron chi connectivity index (χ0n) is 9.40. The lowest BCUT2D eigenvalue weighted by molar-refractivity contribution is 0.159. The van der Waals surface area contributed by atoms with Gasteiger partial charge in [0.2, 0.25) is 0 Å². The average molecular weight is 250 g/mol. The molecule has 0 aliphatic rings. The van der Waals surface area contributed by atoms with Gasteiger partial charge in [0.25, 0.3) is 0 Å². The second-order valence-corrected chi connectivity index (χ2v) is 4.72. The first-order chi connectivity index (χ1) is 6.74. The number of aliphatic hydroxyl groups excluding tert-OH is 1. The molecule has 0 bridgehead atoms. The van der Waals surface area contributed by atoms with E-state index in [1.54, 1.807) is 11.3 Å². The van der Waals surface area contributed by atoms with Gasteiger partial charge in [-0.3, -0.25) is 0 Å². The predicted octanol–water partition coefficient (Wildman–Crippen LogP) is 3.88. The molecule has 88 valence electrons. The molecule has 2 nitrogen and oxygen atoms in total. The summed E-state index contributed by atoms with van der Waals surface area (Å²) in [5.41, 5.74) is 0.851. The van der Waals surface area contributed by atoms with Gasteiger partial charge >= 0.3 is 0 Å². The molecule has 0 unspecified atom stereocenters. The number of thiazole rings is 1. The fourth-order valence-electron chi connectivity index (χ4n) is 1.45. The van der Waals surface area contributed by atoms with Crippen molar-refractivity contribution < 1.29 is 5.11 Å². The minimum absolute atomic E-state index is 0. The van der Waals surface area contributed by atoms with E-state index in [2.05, 4.69) is 11.9 Å². The summed E-state index contributed by atoms with van der Waals surface area (Å²) in [6.07, 6.45) is 5.33. The third-order valence-corrected chi connectivity index (χ3v) is 3.10. The lowest BCUT2D eigenvalue weighted by atomic mass is 10.1. The van der Waals surface area contributed by atoms with Crippen LogP contribution in [-0.4, -0.2) is 10.1 Å². The number of nitrogens with zero attached hydrogens (tertiary/aromatic N) is 1. The maximum atomic E-state index is 9.78.